The predicted molar refractivity (Wildman–Crippen MR) is 82.7 cm³/mol. The summed E-state index contributed by atoms with van der Waals surface area (Å²) < 4.78 is 0. The molecule has 0 bridgehead atoms. The summed E-state index contributed by atoms with van der Waals surface area (Å²) >= 11 is 6.21. The van der Waals surface area contributed by atoms with Crippen molar-refractivity contribution in [3.8, 4) is 0 Å². The van der Waals surface area contributed by atoms with Gasteiger partial charge in [-0.15, -0.1) is 0 Å². The predicted octanol–water partition coefficient (Wildman–Crippen LogP) is 2.31. The van der Waals surface area contributed by atoms with E-state index in [0.29, 0.717) is 17.1 Å². The van der Waals surface area contributed by atoms with Crippen LogP contribution in [0.5, 0.6) is 0 Å². The number of hydrogen-bond acceptors (Lipinski definition) is 3. The van der Waals surface area contributed by atoms with E-state index in [0.717, 1.165) is 37.1 Å². The molecule has 6 heteroatoms. The van der Waals surface area contributed by atoms with E-state index in [1.807, 2.05) is 6.92 Å². The van der Waals surface area contributed by atoms with E-state index in [4.69, 9.17) is 11.6 Å². The van der Waals surface area contributed by atoms with Gasteiger partial charge in [0.1, 0.15) is 0 Å². The fourth-order valence-electron chi connectivity index (χ4n) is 3.05. The maximum atomic E-state index is 12.6. The van der Waals surface area contributed by atoms with Crippen LogP contribution in [0.4, 0.5) is 11.4 Å². The van der Waals surface area contributed by atoms with Gasteiger partial charge in [0.2, 0.25) is 11.8 Å². The Morgan fingerprint density at radius 1 is 1.48 bits per heavy atom. The molecule has 2 amide bonds. The van der Waals surface area contributed by atoms with Crippen LogP contribution in [0.3, 0.4) is 0 Å². The Morgan fingerprint density at radius 3 is 2.95 bits per heavy atom. The second-order valence-electron chi connectivity index (χ2n) is 5.63. The molecule has 21 heavy (non-hydrogen) atoms. The van der Waals surface area contributed by atoms with Gasteiger partial charge in [0.05, 0.1) is 22.7 Å². The fraction of sp³-hybridized carbons (Fsp3) is 0.467. The Balaban J connectivity index is 1.84. The molecule has 0 spiro atoms. The van der Waals surface area contributed by atoms with Crippen LogP contribution in [0.2, 0.25) is 5.02 Å². The molecule has 0 aliphatic carbocycles. The Morgan fingerprint density at radius 2 is 2.29 bits per heavy atom. The summed E-state index contributed by atoms with van der Waals surface area (Å²) in [6.45, 7) is 2.86. The van der Waals surface area contributed by atoms with Crippen molar-refractivity contribution in [2.45, 2.75) is 38.1 Å². The van der Waals surface area contributed by atoms with Gasteiger partial charge in [-0.1, -0.05) is 18.5 Å². The third-order valence-corrected chi connectivity index (χ3v) is 4.66. The smallest absolute Gasteiger partial charge is 0.244 e. The van der Waals surface area contributed by atoms with Gasteiger partial charge in [-0.25, -0.2) is 0 Å². The highest BCUT2D eigenvalue weighted by atomic mass is 35.5. The highest BCUT2D eigenvalue weighted by Gasteiger charge is 2.39. The number of halogens is 1. The Kier molecular flexibility index (Phi) is 3.63. The van der Waals surface area contributed by atoms with Crippen molar-refractivity contribution >= 4 is 34.8 Å². The van der Waals surface area contributed by atoms with Crippen molar-refractivity contribution < 1.29 is 9.59 Å². The normalized spacial score (nSPS) is 23.8. The standard InChI is InChI=1S/C15H18ClN3O2/c1-2-15(4-3-5-17-15)14(21)19-12-6-9-7-13(20)18-11(9)8-10(12)16/h6,8,17H,2-5,7H2,1H3,(H,18,20)(H,19,21). The molecule has 0 aromatic heterocycles. The first kappa shape index (κ1) is 14.4. The first-order valence-electron chi connectivity index (χ1n) is 7.23. The molecule has 2 aliphatic rings. The van der Waals surface area contributed by atoms with E-state index in [1.165, 1.54) is 0 Å². The second kappa shape index (κ2) is 5.31. The molecule has 1 fully saturated rings. The molecule has 112 valence electrons. The van der Waals surface area contributed by atoms with Crippen LogP contribution in [0.1, 0.15) is 31.7 Å². The molecule has 3 N–H and O–H groups in total. The minimum Gasteiger partial charge on any atom is -0.325 e. The summed E-state index contributed by atoms with van der Waals surface area (Å²) in [7, 11) is 0. The average molecular weight is 308 g/mol. The lowest BCUT2D eigenvalue weighted by Crippen LogP contribution is -2.50. The van der Waals surface area contributed by atoms with E-state index in [1.54, 1.807) is 12.1 Å². The lowest BCUT2D eigenvalue weighted by molar-refractivity contribution is -0.122. The van der Waals surface area contributed by atoms with Crippen molar-refractivity contribution in [1.29, 1.82) is 0 Å². The summed E-state index contributed by atoms with van der Waals surface area (Å²) in [6, 6.07) is 3.48. The van der Waals surface area contributed by atoms with Crippen molar-refractivity contribution in [1.82, 2.24) is 5.32 Å². The maximum absolute atomic E-state index is 12.6. The van der Waals surface area contributed by atoms with E-state index >= 15 is 0 Å². The van der Waals surface area contributed by atoms with Gasteiger partial charge >= 0.3 is 0 Å². The highest BCUT2D eigenvalue weighted by molar-refractivity contribution is 6.34. The van der Waals surface area contributed by atoms with Crippen LogP contribution in [0.15, 0.2) is 12.1 Å². The Hall–Kier alpha value is -1.59. The van der Waals surface area contributed by atoms with E-state index in [9.17, 15) is 9.59 Å². The molecule has 5 nitrogen and oxygen atoms in total. The summed E-state index contributed by atoms with van der Waals surface area (Å²) in [5.41, 5.74) is 1.66. The number of fused-ring (bicyclic) bond motifs is 1. The van der Waals surface area contributed by atoms with E-state index in [2.05, 4.69) is 16.0 Å². The fourth-order valence-corrected chi connectivity index (χ4v) is 3.26. The summed E-state index contributed by atoms with van der Waals surface area (Å²) in [5, 5.41) is 9.40. The van der Waals surface area contributed by atoms with Crippen molar-refractivity contribution in [2.24, 2.45) is 0 Å². The van der Waals surface area contributed by atoms with Crippen molar-refractivity contribution in [3.05, 3.63) is 22.7 Å². The van der Waals surface area contributed by atoms with Crippen LogP contribution in [-0.2, 0) is 16.0 Å². The molecule has 2 heterocycles. The molecule has 3 rings (SSSR count). The maximum Gasteiger partial charge on any atom is 0.244 e. The SMILES string of the molecule is CCC1(C(=O)Nc2cc3c(cc2Cl)NC(=O)C3)CCCN1. The lowest BCUT2D eigenvalue weighted by Gasteiger charge is -2.27. The van der Waals surface area contributed by atoms with E-state index < -0.39 is 5.54 Å². The minimum atomic E-state index is -0.504. The molecule has 1 aromatic carbocycles. The van der Waals surface area contributed by atoms with Crippen molar-refractivity contribution in [2.75, 3.05) is 17.2 Å². The zero-order chi connectivity index (χ0) is 15.0. The third-order valence-electron chi connectivity index (χ3n) is 4.35. The van der Waals surface area contributed by atoms with Gasteiger partial charge in [-0.3, -0.25) is 9.59 Å². The number of nitrogens with one attached hydrogen (secondary N) is 3. The molecule has 1 unspecified atom stereocenters. The largest absolute Gasteiger partial charge is 0.325 e. The molecule has 0 saturated carbocycles. The first-order chi connectivity index (χ1) is 10.0. The van der Waals surface area contributed by atoms with Gasteiger partial charge in [0.15, 0.2) is 0 Å². The molecule has 1 atom stereocenters. The zero-order valence-corrected chi connectivity index (χ0v) is 12.6. The number of hydrogen-bond donors (Lipinski definition) is 3. The average Bonchev–Trinajstić information content (AvgIpc) is 3.05. The van der Waals surface area contributed by atoms with Crippen LogP contribution >= 0.6 is 11.6 Å². The summed E-state index contributed by atoms with van der Waals surface area (Å²) in [5.74, 6) is -0.103. The molecule has 1 saturated heterocycles. The summed E-state index contributed by atoms with van der Waals surface area (Å²) in [4.78, 5) is 24.0. The number of anilines is 2. The zero-order valence-electron chi connectivity index (χ0n) is 11.9. The molecule has 0 radical (unpaired) electrons. The van der Waals surface area contributed by atoms with Gasteiger partial charge in [-0.05, 0) is 43.5 Å². The van der Waals surface area contributed by atoms with Crippen molar-refractivity contribution in [3.63, 3.8) is 0 Å². The number of amides is 2. The Labute approximate surface area is 128 Å². The minimum absolute atomic E-state index is 0.0490. The number of benzene rings is 1. The van der Waals surface area contributed by atoms with Crippen LogP contribution in [0.25, 0.3) is 0 Å². The quantitative estimate of drug-likeness (QED) is 0.802. The summed E-state index contributed by atoms with van der Waals surface area (Å²) in [6.07, 6.45) is 2.89. The number of carbonyl (C=O) groups excluding carboxylic acids is 2. The molecule has 2 aliphatic heterocycles. The topological polar surface area (TPSA) is 70.2 Å². The van der Waals surface area contributed by atoms with Crippen LogP contribution in [-0.4, -0.2) is 23.9 Å². The second-order valence-corrected chi connectivity index (χ2v) is 6.04. The van der Waals surface area contributed by atoms with Gasteiger partial charge in [0, 0.05) is 5.69 Å². The monoisotopic (exact) mass is 307 g/mol. The van der Waals surface area contributed by atoms with Crippen LogP contribution in [0, 0.1) is 0 Å². The lowest BCUT2D eigenvalue weighted by atomic mass is 9.93. The molecule has 1 aromatic rings. The van der Waals surface area contributed by atoms with Crippen LogP contribution < -0.4 is 16.0 Å². The number of rotatable bonds is 3. The first-order valence-corrected chi connectivity index (χ1v) is 7.60. The highest BCUT2D eigenvalue weighted by Crippen LogP contribution is 2.34. The van der Waals surface area contributed by atoms with Gasteiger partial charge in [0.25, 0.3) is 0 Å². The van der Waals surface area contributed by atoms with E-state index in [-0.39, 0.29) is 11.8 Å². The van der Waals surface area contributed by atoms with Gasteiger partial charge < -0.3 is 16.0 Å². The Bertz CT molecular complexity index is 609. The molecular weight excluding hydrogens is 290 g/mol. The number of carbonyl (C=O) groups is 2. The third kappa shape index (κ3) is 2.51. The molecular formula is C15H18ClN3O2. The van der Waals surface area contributed by atoms with Gasteiger partial charge in [-0.2, -0.15) is 0 Å².